The lowest BCUT2D eigenvalue weighted by atomic mass is 9.77. The van der Waals surface area contributed by atoms with E-state index >= 15 is 0 Å². The van der Waals surface area contributed by atoms with E-state index in [1.165, 1.54) is 32.1 Å². The quantitative estimate of drug-likeness (QED) is 0.211. The number of benzene rings is 3. The lowest BCUT2D eigenvalue weighted by Crippen LogP contribution is -2.25. The Hall–Kier alpha value is -3.03. The van der Waals surface area contributed by atoms with Crippen LogP contribution < -0.4 is 4.74 Å². The summed E-state index contributed by atoms with van der Waals surface area (Å²) in [5.74, 6) is -8.59. The van der Waals surface area contributed by atoms with Crippen molar-refractivity contribution in [2.24, 2.45) is 5.92 Å². The van der Waals surface area contributed by atoms with Gasteiger partial charge in [-0.15, -0.1) is 0 Å². The van der Waals surface area contributed by atoms with Crippen molar-refractivity contribution in [1.82, 2.24) is 0 Å². The summed E-state index contributed by atoms with van der Waals surface area (Å²) in [6, 6.07) is 9.00. The van der Waals surface area contributed by atoms with Gasteiger partial charge in [0.25, 0.3) is 0 Å². The molecule has 1 saturated carbocycles. The minimum Gasteiger partial charge on any atom is -0.429 e. The van der Waals surface area contributed by atoms with E-state index in [2.05, 4.69) is 11.7 Å². The Kier molecular flexibility index (Phi) is 8.14. The second-order valence-corrected chi connectivity index (χ2v) is 9.62. The molecule has 1 fully saturated rings. The topological polar surface area (TPSA) is 9.23 Å². The molecule has 0 heterocycles. The van der Waals surface area contributed by atoms with Gasteiger partial charge in [0.1, 0.15) is 22.9 Å². The molecule has 0 N–H and O–H groups in total. The number of halogens is 7. The number of alkyl halides is 2. The van der Waals surface area contributed by atoms with Gasteiger partial charge in [-0.3, -0.25) is 0 Å². The lowest BCUT2D eigenvalue weighted by Gasteiger charge is -2.29. The third-order valence-electron chi connectivity index (χ3n) is 7.06. The summed E-state index contributed by atoms with van der Waals surface area (Å²) in [5, 5.41) is 0. The molecule has 0 aliphatic heterocycles. The van der Waals surface area contributed by atoms with Gasteiger partial charge in [0.2, 0.25) is 0 Å². The summed E-state index contributed by atoms with van der Waals surface area (Å²) in [4.78, 5) is 0. The Labute approximate surface area is 211 Å². The van der Waals surface area contributed by atoms with Gasteiger partial charge in [0.15, 0.2) is 17.5 Å². The maximum absolute atomic E-state index is 14.7. The van der Waals surface area contributed by atoms with Crippen molar-refractivity contribution in [2.45, 2.75) is 63.9 Å². The van der Waals surface area contributed by atoms with E-state index in [1.54, 1.807) is 12.1 Å². The molecule has 37 heavy (non-hydrogen) atoms. The fourth-order valence-corrected chi connectivity index (χ4v) is 5.03. The van der Waals surface area contributed by atoms with Gasteiger partial charge in [-0.1, -0.05) is 50.5 Å². The molecule has 0 unspecified atom stereocenters. The minimum absolute atomic E-state index is 0.0447. The van der Waals surface area contributed by atoms with Gasteiger partial charge in [0, 0.05) is 12.1 Å². The smallest absolute Gasteiger partial charge is 0.429 e. The van der Waals surface area contributed by atoms with Crippen molar-refractivity contribution < 1.29 is 35.5 Å². The van der Waals surface area contributed by atoms with Crippen LogP contribution in [0.25, 0.3) is 11.1 Å². The Bertz CT molecular complexity index is 1190. The summed E-state index contributed by atoms with van der Waals surface area (Å²) < 4.78 is 102. The normalized spacial score (nSPS) is 18.2. The molecule has 3 aromatic carbocycles. The molecule has 1 nitrogen and oxygen atoms in total. The van der Waals surface area contributed by atoms with Crippen molar-refractivity contribution in [2.75, 3.05) is 0 Å². The number of unbranched alkanes of at least 4 members (excludes halogenated alkanes) is 1. The Morgan fingerprint density at radius 3 is 1.86 bits per heavy atom. The van der Waals surface area contributed by atoms with E-state index in [0.717, 1.165) is 36.5 Å². The Morgan fingerprint density at radius 1 is 0.757 bits per heavy atom. The number of hydrogen-bond donors (Lipinski definition) is 0. The molecule has 0 amide bonds. The second-order valence-electron chi connectivity index (χ2n) is 9.62. The third kappa shape index (κ3) is 6.11. The third-order valence-corrected chi connectivity index (χ3v) is 7.06. The highest BCUT2D eigenvalue weighted by Gasteiger charge is 2.41. The summed E-state index contributed by atoms with van der Waals surface area (Å²) in [7, 11) is 0. The SMILES string of the molecule is CCCCC1CCC(c2ccc(-c3cc(F)c(C(F)(F)Oc4cc(F)c(F)c(F)c4)c(F)c3)cc2)CC1. The van der Waals surface area contributed by atoms with E-state index in [1.807, 2.05) is 12.1 Å². The first-order valence-electron chi connectivity index (χ1n) is 12.4. The van der Waals surface area contributed by atoms with Gasteiger partial charge < -0.3 is 4.74 Å². The fraction of sp³-hybridized carbons (Fsp3) is 0.379. The van der Waals surface area contributed by atoms with Crippen LogP contribution in [0.1, 0.15) is 68.9 Å². The van der Waals surface area contributed by atoms with Crippen LogP contribution >= 0.6 is 0 Å². The monoisotopic (exact) mass is 524 g/mol. The van der Waals surface area contributed by atoms with Crippen LogP contribution in [0.15, 0.2) is 48.5 Å². The van der Waals surface area contributed by atoms with Crippen molar-refractivity contribution in [3.8, 4) is 16.9 Å². The maximum Gasteiger partial charge on any atom is 0.432 e. The zero-order valence-electron chi connectivity index (χ0n) is 20.3. The average Bonchev–Trinajstić information content (AvgIpc) is 2.85. The first-order chi connectivity index (χ1) is 17.6. The van der Waals surface area contributed by atoms with Gasteiger partial charge in [0.05, 0.1) is 0 Å². The Balaban J connectivity index is 1.50. The first kappa shape index (κ1) is 27.0. The number of ether oxygens (including phenoxy) is 1. The van der Waals surface area contributed by atoms with Gasteiger partial charge in [-0.25, -0.2) is 22.0 Å². The van der Waals surface area contributed by atoms with Crippen LogP contribution in [0.4, 0.5) is 30.7 Å². The molecule has 1 aliphatic carbocycles. The predicted molar refractivity (Wildman–Crippen MR) is 127 cm³/mol. The van der Waals surface area contributed by atoms with Crippen molar-refractivity contribution in [1.29, 1.82) is 0 Å². The van der Waals surface area contributed by atoms with Crippen LogP contribution in [0, 0.1) is 35.0 Å². The molecule has 0 bridgehead atoms. The highest BCUT2D eigenvalue weighted by Crippen LogP contribution is 2.40. The standard InChI is InChI=1S/C29H27F7O/c1-2-3-4-17-5-7-18(8-6-17)19-9-11-20(12-10-19)21-13-23(30)27(24(31)14-21)29(35,36)37-22-15-25(32)28(34)26(33)16-22/h9-18H,2-8H2,1H3. The molecule has 4 rings (SSSR count). The molecule has 1 aliphatic rings. The first-order valence-corrected chi connectivity index (χ1v) is 12.4. The maximum atomic E-state index is 14.7. The largest absolute Gasteiger partial charge is 0.432 e. The predicted octanol–water partition coefficient (Wildman–Crippen LogP) is 9.64. The molecule has 0 aromatic heterocycles. The number of rotatable bonds is 8. The zero-order valence-corrected chi connectivity index (χ0v) is 20.3. The van der Waals surface area contributed by atoms with Crippen molar-refractivity contribution in [3.63, 3.8) is 0 Å². The highest BCUT2D eigenvalue weighted by molar-refractivity contribution is 5.64. The van der Waals surface area contributed by atoms with E-state index in [4.69, 9.17) is 0 Å². The minimum atomic E-state index is -4.62. The average molecular weight is 525 g/mol. The summed E-state index contributed by atoms with van der Waals surface area (Å²) in [5.41, 5.74) is -0.105. The van der Waals surface area contributed by atoms with Crippen molar-refractivity contribution >= 4 is 0 Å². The van der Waals surface area contributed by atoms with E-state index < -0.39 is 46.5 Å². The summed E-state index contributed by atoms with van der Waals surface area (Å²) in [6.07, 6.45) is 3.61. The van der Waals surface area contributed by atoms with Crippen LogP contribution in [0.2, 0.25) is 0 Å². The van der Waals surface area contributed by atoms with Crippen LogP contribution in [-0.2, 0) is 6.11 Å². The molecular weight excluding hydrogens is 497 g/mol. The molecule has 0 atom stereocenters. The molecule has 0 saturated heterocycles. The summed E-state index contributed by atoms with van der Waals surface area (Å²) >= 11 is 0. The zero-order chi connectivity index (χ0) is 26.7. The number of hydrogen-bond acceptors (Lipinski definition) is 1. The molecule has 198 valence electrons. The van der Waals surface area contributed by atoms with E-state index in [9.17, 15) is 30.7 Å². The molecule has 0 spiro atoms. The van der Waals surface area contributed by atoms with Crippen LogP contribution in [-0.4, -0.2) is 0 Å². The molecule has 8 heteroatoms. The highest BCUT2D eigenvalue weighted by atomic mass is 19.3. The van der Waals surface area contributed by atoms with E-state index in [0.29, 0.717) is 11.5 Å². The van der Waals surface area contributed by atoms with Gasteiger partial charge >= 0.3 is 6.11 Å². The Morgan fingerprint density at radius 2 is 1.32 bits per heavy atom. The molecule has 0 radical (unpaired) electrons. The molecule has 3 aromatic rings. The van der Waals surface area contributed by atoms with Crippen molar-refractivity contribution in [3.05, 3.63) is 88.7 Å². The second kappa shape index (κ2) is 11.2. The summed E-state index contributed by atoms with van der Waals surface area (Å²) in [6.45, 7) is 2.19. The van der Waals surface area contributed by atoms with Crippen LogP contribution in [0.3, 0.4) is 0 Å². The van der Waals surface area contributed by atoms with Crippen LogP contribution in [0.5, 0.6) is 5.75 Å². The fourth-order valence-electron chi connectivity index (χ4n) is 5.03. The van der Waals surface area contributed by atoms with Gasteiger partial charge in [-0.2, -0.15) is 8.78 Å². The molecular formula is C29H27F7O. The van der Waals surface area contributed by atoms with Gasteiger partial charge in [-0.05, 0) is 66.3 Å². The lowest BCUT2D eigenvalue weighted by molar-refractivity contribution is -0.189. The van der Waals surface area contributed by atoms with E-state index in [-0.39, 0.29) is 17.7 Å².